The molecular formula is C21H26BrNO5. The highest BCUT2D eigenvalue weighted by Gasteiger charge is 2.57. The molecule has 2 bridgehead atoms. The Hall–Kier alpha value is -1.86. The largest absolute Gasteiger partial charge is 0.504 e. The maximum Gasteiger partial charge on any atom is 0.317 e. The van der Waals surface area contributed by atoms with Gasteiger partial charge in [-0.3, -0.25) is 9.59 Å². The normalized spacial score (nSPS) is 28.8. The monoisotopic (exact) mass is 451 g/mol. The SMILES string of the molecule is CCOC(=O)[C@]12CCC[C@](Br)(CN(C)C1)/C2=C\C(=O)c1cccc(OC)c1O. The number of aromatic hydroxyl groups is 1. The molecule has 6 nitrogen and oxygen atoms in total. The van der Waals surface area contributed by atoms with Gasteiger partial charge in [0, 0.05) is 13.1 Å². The number of esters is 1. The molecule has 152 valence electrons. The van der Waals surface area contributed by atoms with Crippen LogP contribution in [-0.2, 0) is 9.53 Å². The number of rotatable bonds is 5. The Morgan fingerprint density at radius 1 is 1.32 bits per heavy atom. The van der Waals surface area contributed by atoms with Crippen LogP contribution < -0.4 is 4.74 Å². The summed E-state index contributed by atoms with van der Waals surface area (Å²) in [4.78, 5) is 28.2. The van der Waals surface area contributed by atoms with E-state index in [0.717, 1.165) is 18.4 Å². The van der Waals surface area contributed by atoms with Crippen LogP contribution in [0.25, 0.3) is 0 Å². The van der Waals surface area contributed by atoms with Gasteiger partial charge in [0.25, 0.3) is 0 Å². The number of halogens is 1. The van der Waals surface area contributed by atoms with Crippen LogP contribution in [0.3, 0.4) is 0 Å². The highest BCUT2D eigenvalue weighted by Crippen LogP contribution is 2.55. The maximum absolute atomic E-state index is 13.1. The molecule has 2 aliphatic rings. The number of hydrogen-bond acceptors (Lipinski definition) is 6. The van der Waals surface area contributed by atoms with Crippen molar-refractivity contribution in [3.8, 4) is 11.5 Å². The number of methoxy groups -OCH3 is 1. The fourth-order valence-electron chi connectivity index (χ4n) is 4.55. The summed E-state index contributed by atoms with van der Waals surface area (Å²) < 4.78 is 10.1. The molecule has 1 saturated heterocycles. The van der Waals surface area contributed by atoms with Gasteiger partial charge in [-0.05, 0) is 50.6 Å². The lowest BCUT2D eigenvalue weighted by Gasteiger charge is -2.53. The first-order chi connectivity index (χ1) is 13.3. The third-order valence-corrected chi connectivity index (χ3v) is 6.74. The molecule has 0 radical (unpaired) electrons. The van der Waals surface area contributed by atoms with E-state index in [2.05, 4.69) is 20.8 Å². The van der Waals surface area contributed by atoms with Gasteiger partial charge in [-0.1, -0.05) is 28.4 Å². The van der Waals surface area contributed by atoms with Gasteiger partial charge in [0.2, 0.25) is 0 Å². The molecule has 0 unspecified atom stereocenters. The van der Waals surface area contributed by atoms with Crippen molar-refractivity contribution in [2.45, 2.75) is 30.5 Å². The number of ether oxygens (including phenoxy) is 2. The average Bonchev–Trinajstić information content (AvgIpc) is 2.63. The minimum absolute atomic E-state index is 0.152. The Bertz CT molecular complexity index is 823. The summed E-state index contributed by atoms with van der Waals surface area (Å²) in [7, 11) is 3.41. The molecule has 0 amide bonds. The van der Waals surface area contributed by atoms with Gasteiger partial charge in [-0.15, -0.1) is 0 Å². The zero-order valence-corrected chi connectivity index (χ0v) is 18.0. The number of phenols is 1. The van der Waals surface area contributed by atoms with Crippen LogP contribution in [0.2, 0.25) is 0 Å². The minimum atomic E-state index is -0.866. The highest BCUT2D eigenvalue weighted by atomic mass is 79.9. The molecule has 1 heterocycles. The number of piperidine rings is 1. The number of alkyl halides is 1. The number of nitrogens with zero attached hydrogens (tertiary/aromatic N) is 1. The third kappa shape index (κ3) is 3.46. The summed E-state index contributed by atoms with van der Waals surface area (Å²) in [5, 5.41) is 10.4. The molecule has 1 aromatic rings. The molecule has 7 heteroatoms. The Morgan fingerprint density at radius 3 is 2.75 bits per heavy atom. The molecule has 1 N–H and O–H groups in total. The van der Waals surface area contributed by atoms with E-state index in [0.29, 0.717) is 19.5 Å². The predicted octanol–water partition coefficient (Wildman–Crippen LogP) is 3.32. The van der Waals surface area contributed by atoms with Crippen LogP contribution in [0.5, 0.6) is 11.5 Å². The molecule has 2 fully saturated rings. The number of phenolic OH excluding ortho intramolecular Hbond substituents is 1. The molecule has 1 aliphatic heterocycles. The van der Waals surface area contributed by atoms with E-state index in [-0.39, 0.29) is 35.4 Å². The molecule has 1 aromatic carbocycles. The first-order valence-electron chi connectivity index (χ1n) is 9.45. The summed E-state index contributed by atoms with van der Waals surface area (Å²) in [6.45, 7) is 3.27. The van der Waals surface area contributed by atoms with Gasteiger partial charge in [0.1, 0.15) is 5.41 Å². The summed E-state index contributed by atoms with van der Waals surface area (Å²) in [5.74, 6) is -0.602. The second-order valence-electron chi connectivity index (χ2n) is 7.57. The first kappa shape index (κ1) is 20.9. The summed E-state index contributed by atoms with van der Waals surface area (Å²) in [6.07, 6.45) is 3.84. The number of para-hydroxylation sites is 1. The number of likely N-dealkylation sites (tertiary alicyclic amines) is 1. The van der Waals surface area contributed by atoms with Crippen molar-refractivity contribution >= 4 is 27.7 Å². The smallest absolute Gasteiger partial charge is 0.317 e. The zero-order chi connectivity index (χ0) is 20.5. The minimum Gasteiger partial charge on any atom is -0.504 e. The maximum atomic E-state index is 13.1. The third-order valence-electron chi connectivity index (χ3n) is 5.66. The Kier molecular flexibility index (Phi) is 5.87. The average molecular weight is 452 g/mol. The van der Waals surface area contributed by atoms with Gasteiger partial charge < -0.3 is 19.5 Å². The van der Waals surface area contributed by atoms with Crippen LogP contribution in [0.4, 0.5) is 0 Å². The van der Waals surface area contributed by atoms with Gasteiger partial charge in [-0.25, -0.2) is 0 Å². The van der Waals surface area contributed by atoms with Crippen LogP contribution >= 0.6 is 15.9 Å². The number of benzene rings is 1. The number of carbonyl (C=O) groups excluding carboxylic acids is 2. The molecule has 2 atom stereocenters. The van der Waals surface area contributed by atoms with E-state index in [1.165, 1.54) is 13.2 Å². The van der Waals surface area contributed by atoms with Crippen LogP contribution in [0.1, 0.15) is 36.5 Å². The molecular weight excluding hydrogens is 426 g/mol. The Labute approximate surface area is 173 Å². The van der Waals surface area contributed by atoms with Crippen molar-refractivity contribution in [2.75, 3.05) is 33.9 Å². The summed E-state index contributed by atoms with van der Waals surface area (Å²) in [6, 6.07) is 4.81. The second-order valence-corrected chi connectivity index (χ2v) is 9.09. The fraction of sp³-hybridized carbons (Fsp3) is 0.524. The number of fused-ring (bicyclic) bond motifs is 2. The van der Waals surface area contributed by atoms with Gasteiger partial charge in [0.15, 0.2) is 17.3 Å². The van der Waals surface area contributed by atoms with Crippen molar-refractivity contribution in [3.63, 3.8) is 0 Å². The second kappa shape index (κ2) is 7.87. The Balaban J connectivity index is 2.10. The zero-order valence-electron chi connectivity index (χ0n) is 16.5. The van der Waals surface area contributed by atoms with E-state index in [1.807, 2.05) is 7.05 Å². The molecule has 28 heavy (non-hydrogen) atoms. The van der Waals surface area contributed by atoms with Crippen LogP contribution in [0.15, 0.2) is 29.8 Å². The van der Waals surface area contributed by atoms with E-state index in [4.69, 9.17) is 9.47 Å². The molecule has 3 rings (SSSR count). The molecule has 0 spiro atoms. The lowest BCUT2D eigenvalue weighted by atomic mass is 9.62. The number of allylic oxidation sites excluding steroid dienone is 1. The topological polar surface area (TPSA) is 76.1 Å². The van der Waals surface area contributed by atoms with Crippen molar-refractivity contribution in [3.05, 3.63) is 35.4 Å². The van der Waals surface area contributed by atoms with Gasteiger partial charge in [0.05, 0.1) is 23.6 Å². The van der Waals surface area contributed by atoms with E-state index in [9.17, 15) is 14.7 Å². The van der Waals surface area contributed by atoms with Crippen LogP contribution in [0, 0.1) is 5.41 Å². The lowest BCUT2D eigenvalue weighted by Crippen LogP contribution is -2.60. The van der Waals surface area contributed by atoms with Crippen molar-refractivity contribution < 1.29 is 24.2 Å². The standard InChI is InChI=1S/C21H26BrNO5/c1-4-28-19(26)20-9-6-10-21(22,13-23(2)12-20)17(20)11-15(24)14-7-5-8-16(27-3)18(14)25/h5,7-8,11,25H,4,6,9-10,12-13H2,1-3H3/b17-11-/t20-,21+/m1/s1. The van der Waals surface area contributed by atoms with E-state index < -0.39 is 9.74 Å². The lowest BCUT2D eigenvalue weighted by molar-refractivity contribution is -0.157. The fourth-order valence-corrected chi connectivity index (χ4v) is 5.75. The molecule has 0 aromatic heterocycles. The highest BCUT2D eigenvalue weighted by molar-refractivity contribution is 9.10. The number of hydrogen-bond donors (Lipinski definition) is 1. The van der Waals surface area contributed by atoms with Gasteiger partial charge >= 0.3 is 5.97 Å². The quantitative estimate of drug-likeness (QED) is 0.320. The van der Waals surface area contributed by atoms with E-state index >= 15 is 0 Å². The van der Waals surface area contributed by atoms with Crippen molar-refractivity contribution in [2.24, 2.45) is 5.41 Å². The van der Waals surface area contributed by atoms with Gasteiger partial charge in [-0.2, -0.15) is 0 Å². The number of carbonyl (C=O) groups is 2. The summed E-state index contributed by atoms with van der Waals surface area (Å²) in [5.41, 5.74) is 0.0310. The Morgan fingerprint density at radius 2 is 2.07 bits per heavy atom. The molecule has 1 saturated carbocycles. The summed E-state index contributed by atoms with van der Waals surface area (Å²) >= 11 is 3.84. The van der Waals surface area contributed by atoms with Crippen LogP contribution in [-0.4, -0.2) is 59.9 Å². The molecule has 1 aliphatic carbocycles. The predicted molar refractivity (Wildman–Crippen MR) is 109 cm³/mol. The van der Waals surface area contributed by atoms with Crippen molar-refractivity contribution in [1.29, 1.82) is 0 Å². The van der Waals surface area contributed by atoms with Crippen molar-refractivity contribution in [1.82, 2.24) is 4.90 Å². The first-order valence-corrected chi connectivity index (χ1v) is 10.2. The van der Waals surface area contributed by atoms with E-state index in [1.54, 1.807) is 25.1 Å². The number of ketones is 1.